The number of thiazole rings is 1. The number of alkyl halides is 3. The number of fused-ring (bicyclic) bond motifs is 1. The Balaban J connectivity index is 1.93. The lowest BCUT2D eigenvalue weighted by Gasteiger charge is -2.06. The van der Waals surface area contributed by atoms with Crippen LogP contribution in [0, 0.1) is 11.3 Å². The Bertz CT molecular complexity index is 973. The molecule has 1 heterocycles. The number of nitrogens with one attached hydrogen (secondary N) is 1. The summed E-state index contributed by atoms with van der Waals surface area (Å²) in [5, 5.41) is 11.4. The third-order valence-electron chi connectivity index (χ3n) is 3.20. The third kappa shape index (κ3) is 3.07. The number of nitriles is 1. The van der Waals surface area contributed by atoms with Crippen LogP contribution in [-0.4, -0.2) is 10.9 Å². The normalized spacial score (nSPS) is 11.2. The van der Waals surface area contributed by atoms with E-state index < -0.39 is 17.6 Å². The van der Waals surface area contributed by atoms with Gasteiger partial charge >= 0.3 is 6.18 Å². The van der Waals surface area contributed by atoms with Gasteiger partial charge in [0.15, 0.2) is 5.13 Å². The molecule has 0 saturated carbocycles. The molecule has 1 N–H and O–H groups in total. The molecule has 0 bridgehead atoms. The van der Waals surface area contributed by atoms with E-state index in [1.807, 2.05) is 6.07 Å². The van der Waals surface area contributed by atoms with Gasteiger partial charge in [0.25, 0.3) is 5.91 Å². The summed E-state index contributed by atoms with van der Waals surface area (Å²) in [7, 11) is 0. The van der Waals surface area contributed by atoms with Gasteiger partial charge in [-0.25, -0.2) is 4.98 Å². The van der Waals surface area contributed by atoms with Crippen molar-refractivity contribution in [1.82, 2.24) is 4.98 Å². The maximum atomic E-state index is 13.0. The summed E-state index contributed by atoms with van der Waals surface area (Å²) in [6, 6.07) is 11.7. The fourth-order valence-corrected chi connectivity index (χ4v) is 3.02. The third-order valence-corrected chi connectivity index (χ3v) is 4.13. The van der Waals surface area contributed by atoms with Crippen LogP contribution in [0.3, 0.4) is 0 Å². The van der Waals surface area contributed by atoms with Crippen LogP contribution in [0.2, 0.25) is 0 Å². The van der Waals surface area contributed by atoms with Gasteiger partial charge in [0.2, 0.25) is 0 Å². The van der Waals surface area contributed by atoms with Gasteiger partial charge in [0.1, 0.15) is 0 Å². The van der Waals surface area contributed by atoms with Crippen LogP contribution >= 0.6 is 11.3 Å². The molecule has 4 nitrogen and oxygen atoms in total. The topological polar surface area (TPSA) is 65.8 Å². The summed E-state index contributed by atoms with van der Waals surface area (Å²) in [6.07, 6.45) is -4.52. The number of rotatable bonds is 2. The zero-order valence-electron chi connectivity index (χ0n) is 11.9. The van der Waals surface area contributed by atoms with E-state index in [-0.39, 0.29) is 16.2 Å². The van der Waals surface area contributed by atoms with Crippen molar-refractivity contribution in [2.24, 2.45) is 0 Å². The maximum Gasteiger partial charge on any atom is 0.418 e. The van der Waals surface area contributed by atoms with Crippen LogP contribution in [-0.2, 0) is 6.18 Å². The van der Waals surface area contributed by atoms with E-state index in [1.54, 1.807) is 12.1 Å². The number of carbonyl (C=O) groups is 1. The van der Waals surface area contributed by atoms with Gasteiger partial charge < -0.3 is 0 Å². The molecule has 0 spiro atoms. The molecule has 0 aliphatic rings. The fourth-order valence-electron chi connectivity index (χ4n) is 2.13. The van der Waals surface area contributed by atoms with Crippen molar-refractivity contribution < 1.29 is 18.0 Å². The van der Waals surface area contributed by atoms with Gasteiger partial charge in [-0.1, -0.05) is 23.5 Å². The molecule has 0 aliphatic heterocycles. The first-order valence-electron chi connectivity index (χ1n) is 6.67. The first kappa shape index (κ1) is 16.0. The minimum absolute atomic E-state index is 0.0639. The highest BCUT2D eigenvalue weighted by Crippen LogP contribution is 2.37. The smallest absolute Gasteiger partial charge is 0.298 e. The molecule has 3 aromatic rings. The molecule has 1 aromatic heterocycles. The van der Waals surface area contributed by atoms with Crippen LogP contribution < -0.4 is 5.32 Å². The van der Waals surface area contributed by atoms with Crippen molar-refractivity contribution in [3.8, 4) is 6.07 Å². The summed E-state index contributed by atoms with van der Waals surface area (Å²) in [5.41, 5.74) is -0.505. The minimum atomic E-state index is -4.52. The zero-order chi connectivity index (χ0) is 17.3. The summed E-state index contributed by atoms with van der Waals surface area (Å²) in [5.74, 6) is -0.542. The van der Waals surface area contributed by atoms with E-state index in [2.05, 4.69) is 10.3 Å². The predicted molar refractivity (Wildman–Crippen MR) is 83.7 cm³/mol. The number of benzene rings is 2. The standard InChI is InChI=1S/C16H8F3N3OS/c17-16(18,19)11-5-2-6-12-13(11)21-15(24-12)22-14(23)10-4-1-3-9(7-10)8-20/h1-7H,(H,21,22,23). The molecule has 0 fully saturated rings. The Kier molecular flexibility index (Phi) is 3.95. The largest absolute Gasteiger partial charge is 0.418 e. The molecule has 0 radical (unpaired) electrons. The van der Waals surface area contributed by atoms with E-state index in [0.717, 1.165) is 17.4 Å². The Morgan fingerprint density at radius 2 is 1.96 bits per heavy atom. The molecule has 8 heteroatoms. The number of hydrogen-bond donors (Lipinski definition) is 1. The Morgan fingerprint density at radius 1 is 1.21 bits per heavy atom. The van der Waals surface area contributed by atoms with Crippen molar-refractivity contribution in [1.29, 1.82) is 5.26 Å². The second-order valence-corrected chi connectivity index (χ2v) is 5.85. The molecule has 0 aliphatic carbocycles. The Morgan fingerprint density at radius 3 is 2.67 bits per heavy atom. The highest BCUT2D eigenvalue weighted by Gasteiger charge is 2.33. The van der Waals surface area contributed by atoms with Gasteiger partial charge in [-0.15, -0.1) is 0 Å². The lowest BCUT2D eigenvalue weighted by atomic mass is 10.1. The molecule has 2 aromatic carbocycles. The second-order valence-electron chi connectivity index (χ2n) is 4.82. The average molecular weight is 347 g/mol. The Labute approximate surface area is 138 Å². The van der Waals surface area contributed by atoms with E-state index in [0.29, 0.717) is 10.3 Å². The molecule has 1 amide bonds. The van der Waals surface area contributed by atoms with Gasteiger partial charge in [-0.3, -0.25) is 10.1 Å². The van der Waals surface area contributed by atoms with Crippen LogP contribution in [0.1, 0.15) is 21.5 Å². The first-order chi connectivity index (χ1) is 11.4. The van der Waals surface area contributed by atoms with Gasteiger partial charge in [-0.2, -0.15) is 18.4 Å². The summed E-state index contributed by atoms with van der Waals surface area (Å²) < 4.78 is 39.3. The van der Waals surface area contributed by atoms with Gasteiger partial charge in [-0.05, 0) is 30.3 Å². The number of carbonyl (C=O) groups excluding carboxylic acids is 1. The molecule has 0 unspecified atom stereocenters. The average Bonchev–Trinajstić information content (AvgIpc) is 2.95. The lowest BCUT2D eigenvalue weighted by Crippen LogP contribution is -2.11. The van der Waals surface area contributed by atoms with Crippen LogP contribution in [0.25, 0.3) is 10.2 Å². The summed E-state index contributed by atoms with van der Waals surface area (Å²) in [4.78, 5) is 16.1. The monoisotopic (exact) mass is 347 g/mol. The predicted octanol–water partition coefficient (Wildman–Crippen LogP) is 4.44. The zero-order valence-corrected chi connectivity index (χ0v) is 12.7. The summed E-state index contributed by atoms with van der Waals surface area (Å²) in [6.45, 7) is 0. The van der Waals surface area contributed by atoms with Crippen molar-refractivity contribution in [2.45, 2.75) is 6.18 Å². The number of halogens is 3. The van der Waals surface area contributed by atoms with E-state index in [4.69, 9.17) is 5.26 Å². The van der Waals surface area contributed by atoms with Gasteiger partial charge in [0.05, 0.1) is 27.4 Å². The van der Waals surface area contributed by atoms with Crippen molar-refractivity contribution in [2.75, 3.05) is 5.32 Å². The second kappa shape index (κ2) is 5.94. The molecule has 3 rings (SSSR count). The molecular formula is C16H8F3N3OS. The highest BCUT2D eigenvalue weighted by atomic mass is 32.1. The number of aromatic nitrogens is 1. The summed E-state index contributed by atoms with van der Waals surface area (Å²) >= 11 is 0.952. The molecule has 120 valence electrons. The number of hydrogen-bond acceptors (Lipinski definition) is 4. The Hall–Kier alpha value is -2.92. The van der Waals surface area contributed by atoms with Crippen molar-refractivity contribution >= 4 is 32.6 Å². The van der Waals surface area contributed by atoms with E-state index in [9.17, 15) is 18.0 Å². The molecular weight excluding hydrogens is 339 g/mol. The highest BCUT2D eigenvalue weighted by molar-refractivity contribution is 7.22. The van der Waals surface area contributed by atoms with Gasteiger partial charge in [0, 0.05) is 5.56 Å². The van der Waals surface area contributed by atoms with E-state index >= 15 is 0 Å². The fraction of sp³-hybridized carbons (Fsp3) is 0.0625. The number of amides is 1. The van der Waals surface area contributed by atoms with Crippen LogP contribution in [0.4, 0.5) is 18.3 Å². The number of anilines is 1. The van der Waals surface area contributed by atoms with Crippen LogP contribution in [0.15, 0.2) is 42.5 Å². The minimum Gasteiger partial charge on any atom is -0.298 e. The van der Waals surface area contributed by atoms with Crippen molar-refractivity contribution in [3.63, 3.8) is 0 Å². The lowest BCUT2D eigenvalue weighted by molar-refractivity contribution is -0.136. The first-order valence-corrected chi connectivity index (χ1v) is 7.48. The SMILES string of the molecule is N#Cc1cccc(C(=O)Nc2nc3c(C(F)(F)F)cccc3s2)c1. The molecule has 0 atom stereocenters. The van der Waals surface area contributed by atoms with Crippen LogP contribution in [0.5, 0.6) is 0 Å². The van der Waals surface area contributed by atoms with E-state index in [1.165, 1.54) is 24.3 Å². The van der Waals surface area contributed by atoms with Crippen molar-refractivity contribution in [3.05, 3.63) is 59.2 Å². The number of nitrogens with zero attached hydrogens (tertiary/aromatic N) is 2. The quantitative estimate of drug-likeness (QED) is 0.745. The molecule has 0 saturated heterocycles. The molecule has 24 heavy (non-hydrogen) atoms. The maximum absolute atomic E-state index is 13.0. The number of para-hydroxylation sites is 1.